The Labute approximate surface area is 141 Å². The first kappa shape index (κ1) is 16.1. The van der Waals surface area contributed by atoms with Gasteiger partial charge in [0.1, 0.15) is 6.07 Å². The van der Waals surface area contributed by atoms with Gasteiger partial charge in [0.25, 0.3) is 0 Å². The zero-order valence-electron chi connectivity index (χ0n) is 12.9. The highest BCUT2D eigenvalue weighted by molar-refractivity contribution is 6.33. The van der Waals surface area contributed by atoms with Crippen LogP contribution in [0.15, 0.2) is 18.2 Å². The van der Waals surface area contributed by atoms with E-state index in [-0.39, 0.29) is 17.9 Å². The summed E-state index contributed by atoms with van der Waals surface area (Å²) in [6, 6.07) is 7.60. The molecule has 5 nitrogen and oxygen atoms in total. The molecule has 3 rings (SSSR count). The molecule has 2 N–H and O–H groups in total. The smallest absolute Gasteiger partial charge is 0.223 e. The molecule has 0 aromatic heterocycles. The number of anilines is 1. The Kier molecular flexibility index (Phi) is 4.74. The number of nitrogens with two attached hydrogens (primary N) is 1. The van der Waals surface area contributed by atoms with Gasteiger partial charge in [-0.15, -0.1) is 0 Å². The number of nitriles is 1. The van der Waals surface area contributed by atoms with Crippen molar-refractivity contribution in [2.45, 2.75) is 25.4 Å². The van der Waals surface area contributed by atoms with E-state index in [4.69, 9.17) is 22.1 Å². The van der Waals surface area contributed by atoms with Crippen LogP contribution in [0.4, 0.5) is 5.69 Å². The number of carbonyl (C=O) groups excluding carboxylic acids is 1. The molecule has 0 spiro atoms. The van der Waals surface area contributed by atoms with Crippen LogP contribution in [-0.4, -0.2) is 31.7 Å². The first-order chi connectivity index (χ1) is 11.1. The third-order valence-electron chi connectivity index (χ3n) is 4.93. The molecule has 2 saturated heterocycles. The van der Waals surface area contributed by atoms with Crippen LogP contribution >= 0.6 is 11.6 Å². The monoisotopic (exact) mass is 333 g/mol. The Morgan fingerprint density at radius 2 is 2.09 bits per heavy atom. The number of benzene rings is 1. The fourth-order valence-electron chi connectivity index (χ4n) is 3.76. The first-order valence-electron chi connectivity index (χ1n) is 7.96. The number of halogens is 1. The van der Waals surface area contributed by atoms with Crippen molar-refractivity contribution in [2.24, 2.45) is 17.6 Å². The van der Waals surface area contributed by atoms with Crippen LogP contribution in [0.2, 0.25) is 5.02 Å². The van der Waals surface area contributed by atoms with Gasteiger partial charge in [-0.2, -0.15) is 5.26 Å². The average Bonchev–Trinajstić information content (AvgIpc) is 3.04. The molecule has 6 heteroatoms. The number of primary amides is 1. The van der Waals surface area contributed by atoms with Gasteiger partial charge in [0, 0.05) is 19.7 Å². The number of para-hydroxylation sites is 1. The second kappa shape index (κ2) is 6.77. The molecule has 2 aliphatic rings. The maximum absolute atomic E-state index is 11.5. The number of rotatable bonds is 3. The molecule has 122 valence electrons. The van der Waals surface area contributed by atoms with E-state index in [9.17, 15) is 10.1 Å². The molecule has 1 aromatic carbocycles. The molecule has 0 unspecified atom stereocenters. The number of hydrogen-bond acceptors (Lipinski definition) is 4. The minimum absolute atomic E-state index is 0.0590. The van der Waals surface area contributed by atoms with E-state index in [1.54, 1.807) is 12.1 Å². The van der Waals surface area contributed by atoms with E-state index in [0.29, 0.717) is 23.1 Å². The standard InChI is InChI=1S/C17H20ClN3O2/c18-14-3-1-2-12(10-19)15(14)21-7-4-11(5-8-21)16-13(17(20)22)6-9-23-16/h1-3,11,13,16H,4-9H2,(H2,20,22)/t13-,16+/m0/s1. The summed E-state index contributed by atoms with van der Waals surface area (Å²) in [5.41, 5.74) is 6.90. The molecule has 23 heavy (non-hydrogen) atoms. The van der Waals surface area contributed by atoms with Crippen LogP contribution in [0.25, 0.3) is 0 Å². The lowest BCUT2D eigenvalue weighted by Crippen LogP contribution is -2.42. The van der Waals surface area contributed by atoms with Crippen molar-refractivity contribution in [1.82, 2.24) is 0 Å². The number of ether oxygens (including phenoxy) is 1. The van der Waals surface area contributed by atoms with E-state index in [0.717, 1.165) is 38.0 Å². The van der Waals surface area contributed by atoms with Gasteiger partial charge in [0.05, 0.1) is 28.3 Å². The number of piperidine rings is 1. The van der Waals surface area contributed by atoms with E-state index >= 15 is 0 Å². The van der Waals surface area contributed by atoms with Crippen LogP contribution < -0.4 is 10.6 Å². The topological polar surface area (TPSA) is 79.3 Å². The highest BCUT2D eigenvalue weighted by Crippen LogP contribution is 2.37. The summed E-state index contributed by atoms with van der Waals surface area (Å²) in [6.07, 6.45) is 2.48. The summed E-state index contributed by atoms with van der Waals surface area (Å²) >= 11 is 6.29. The van der Waals surface area contributed by atoms with Crippen molar-refractivity contribution in [3.63, 3.8) is 0 Å². The average molecular weight is 334 g/mol. The Hall–Kier alpha value is -1.77. The molecule has 1 amide bonds. The van der Waals surface area contributed by atoms with Crippen LogP contribution in [0, 0.1) is 23.2 Å². The molecule has 2 atom stereocenters. The van der Waals surface area contributed by atoms with E-state index in [1.165, 1.54) is 0 Å². The highest BCUT2D eigenvalue weighted by Gasteiger charge is 2.39. The van der Waals surface area contributed by atoms with Crippen molar-refractivity contribution in [3.05, 3.63) is 28.8 Å². The highest BCUT2D eigenvalue weighted by atomic mass is 35.5. The maximum atomic E-state index is 11.5. The van der Waals surface area contributed by atoms with Crippen LogP contribution in [0.1, 0.15) is 24.8 Å². The maximum Gasteiger partial charge on any atom is 0.223 e. The first-order valence-corrected chi connectivity index (χ1v) is 8.34. The summed E-state index contributed by atoms with van der Waals surface area (Å²) < 4.78 is 5.78. The van der Waals surface area contributed by atoms with Gasteiger partial charge in [0.15, 0.2) is 0 Å². The lowest BCUT2D eigenvalue weighted by atomic mass is 9.83. The Morgan fingerprint density at radius 1 is 1.35 bits per heavy atom. The predicted octanol–water partition coefficient (Wildman–Crippen LogP) is 2.32. The van der Waals surface area contributed by atoms with Crippen molar-refractivity contribution >= 4 is 23.2 Å². The summed E-state index contributed by atoms with van der Waals surface area (Å²) in [6.45, 7) is 2.21. The van der Waals surface area contributed by atoms with Gasteiger partial charge in [0.2, 0.25) is 5.91 Å². The van der Waals surface area contributed by atoms with Gasteiger partial charge in [-0.25, -0.2) is 0 Å². The summed E-state index contributed by atoms with van der Waals surface area (Å²) in [5.74, 6) is -0.0893. The second-order valence-corrected chi connectivity index (χ2v) is 6.61. The Morgan fingerprint density at radius 3 is 2.74 bits per heavy atom. The van der Waals surface area contributed by atoms with E-state index in [1.807, 2.05) is 6.07 Å². The Bertz CT molecular complexity index is 635. The zero-order valence-corrected chi connectivity index (χ0v) is 13.6. The molecular formula is C17H20ClN3O2. The van der Waals surface area contributed by atoms with Crippen molar-refractivity contribution in [3.8, 4) is 6.07 Å². The fraction of sp³-hybridized carbons (Fsp3) is 0.529. The molecule has 2 fully saturated rings. The third-order valence-corrected chi connectivity index (χ3v) is 5.23. The molecular weight excluding hydrogens is 314 g/mol. The molecule has 0 radical (unpaired) electrons. The number of nitrogens with zero attached hydrogens (tertiary/aromatic N) is 2. The van der Waals surface area contributed by atoms with E-state index in [2.05, 4.69) is 11.0 Å². The third kappa shape index (κ3) is 3.15. The zero-order chi connectivity index (χ0) is 16.4. The fourth-order valence-corrected chi connectivity index (χ4v) is 4.05. The predicted molar refractivity (Wildman–Crippen MR) is 88.1 cm³/mol. The number of amides is 1. The number of hydrogen-bond donors (Lipinski definition) is 1. The van der Waals surface area contributed by atoms with Gasteiger partial charge in [-0.3, -0.25) is 4.79 Å². The largest absolute Gasteiger partial charge is 0.377 e. The minimum atomic E-state index is -0.257. The molecule has 0 saturated carbocycles. The van der Waals surface area contributed by atoms with Crippen LogP contribution in [0.3, 0.4) is 0 Å². The molecule has 0 bridgehead atoms. The second-order valence-electron chi connectivity index (χ2n) is 6.21. The summed E-state index contributed by atoms with van der Waals surface area (Å²) in [7, 11) is 0. The molecule has 0 aliphatic carbocycles. The molecule has 2 heterocycles. The number of carbonyl (C=O) groups is 1. The van der Waals surface area contributed by atoms with E-state index < -0.39 is 0 Å². The summed E-state index contributed by atoms with van der Waals surface area (Å²) in [4.78, 5) is 13.7. The normalized spacial score (nSPS) is 25.3. The van der Waals surface area contributed by atoms with Gasteiger partial charge < -0.3 is 15.4 Å². The minimum Gasteiger partial charge on any atom is -0.377 e. The lowest BCUT2D eigenvalue weighted by molar-refractivity contribution is -0.124. The Balaban J connectivity index is 1.70. The SMILES string of the molecule is N#Cc1cccc(Cl)c1N1CCC([C@H]2OCC[C@@H]2C(N)=O)CC1. The van der Waals surface area contributed by atoms with Gasteiger partial charge in [-0.05, 0) is 37.3 Å². The lowest BCUT2D eigenvalue weighted by Gasteiger charge is -2.37. The molecule has 1 aromatic rings. The van der Waals surface area contributed by atoms with Crippen molar-refractivity contribution in [2.75, 3.05) is 24.6 Å². The van der Waals surface area contributed by atoms with Gasteiger partial charge in [-0.1, -0.05) is 17.7 Å². The van der Waals surface area contributed by atoms with Crippen molar-refractivity contribution in [1.29, 1.82) is 5.26 Å². The van der Waals surface area contributed by atoms with Crippen molar-refractivity contribution < 1.29 is 9.53 Å². The summed E-state index contributed by atoms with van der Waals surface area (Å²) in [5, 5.41) is 9.89. The quantitative estimate of drug-likeness (QED) is 0.920. The van der Waals surface area contributed by atoms with Crippen LogP contribution in [0.5, 0.6) is 0 Å². The van der Waals surface area contributed by atoms with Gasteiger partial charge >= 0.3 is 0 Å². The van der Waals surface area contributed by atoms with Crippen LogP contribution in [-0.2, 0) is 9.53 Å². The molecule has 2 aliphatic heterocycles.